The molecule has 0 aliphatic heterocycles. The van der Waals surface area contributed by atoms with E-state index in [4.69, 9.17) is 9.47 Å². The minimum atomic E-state index is -2.06. The van der Waals surface area contributed by atoms with Gasteiger partial charge in [0, 0.05) is 18.9 Å². The van der Waals surface area contributed by atoms with Crippen molar-refractivity contribution in [3.05, 3.63) is 29.8 Å². The van der Waals surface area contributed by atoms with Gasteiger partial charge in [-0.2, -0.15) is 0 Å². The summed E-state index contributed by atoms with van der Waals surface area (Å²) in [7, 11) is 2.46. The van der Waals surface area contributed by atoms with Crippen LogP contribution in [0.3, 0.4) is 0 Å². The van der Waals surface area contributed by atoms with Crippen LogP contribution in [0.25, 0.3) is 6.08 Å². The average Bonchev–Trinajstić information content (AvgIpc) is 2.64. The zero-order chi connectivity index (χ0) is 20.2. The molecule has 1 aliphatic rings. The molecule has 1 aromatic carbocycles. The largest absolute Gasteiger partial charge is 0.504 e. The van der Waals surface area contributed by atoms with Crippen molar-refractivity contribution in [2.45, 2.75) is 36.8 Å². The number of aliphatic hydroxyl groups is 3. The van der Waals surface area contributed by atoms with Crippen molar-refractivity contribution in [2.24, 2.45) is 0 Å². The van der Waals surface area contributed by atoms with Gasteiger partial charge < -0.3 is 34.6 Å². The van der Waals surface area contributed by atoms with Gasteiger partial charge in [0.2, 0.25) is 0 Å². The van der Waals surface area contributed by atoms with Crippen LogP contribution in [0.5, 0.6) is 11.5 Å². The van der Waals surface area contributed by atoms with Gasteiger partial charge in [-0.1, -0.05) is 6.07 Å². The normalized spacial score (nSPS) is 28.0. The van der Waals surface area contributed by atoms with E-state index in [2.05, 4.69) is 4.74 Å². The second kappa shape index (κ2) is 8.38. The third kappa shape index (κ3) is 4.76. The molecule has 1 saturated carbocycles. The summed E-state index contributed by atoms with van der Waals surface area (Å²) in [6.07, 6.45) is -2.61. The number of aromatic hydroxyl groups is 1. The van der Waals surface area contributed by atoms with Crippen LogP contribution in [-0.2, 0) is 19.1 Å². The molecule has 1 aliphatic carbocycles. The summed E-state index contributed by atoms with van der Waals surface area (Å²) in [5, 5.41) is 39.7. The summed E-state index contributed by atoms with van der Waals surface area (Å²) >= 11 is 0. The maximum atomic E-state index is 12.0. The van der Waals surface area contributed by atoms with E-state index in [0.717, 1.165) is 13.2 Å². The predicted molar refractivity (Wildman–Crippen MR) is 91.8 cm³/mol. The number of benzene rings is 1. The van der Waals surface area contributed by atoms with Crippen LogP contribution in [0.2, 0.25) is 0 Å². The Hall–Kier alpha value is -2.62. The Morgan fingerprint density at radius 3 is 2.56 bits per heavy atom. The van der Waals surface area contributed by atoms with Gasteiger partial charge >= 0.3 is 11.9 Å². The number of esters is 2. The highest BCUT2D eigenvalue weighted by Gasteiger charge is 2.50. The number of hydrogen-bond acceptors (Lipinski definition) is 9. The highest BCUT2D eigenvalue weighted by molar-refractivity contribution is 5.87. The van der Waals surface area contributed by atoms with E-state index < -0.39 is 48.7 Å². The first kappa shape index (κ1) is 20.7. The lowest BCUT2D eigenvalue weighted by atomic mass is 9.79. The van der Waals surface area contributed by atoms with E-state index in [1.807, 2.05) is 0 Å². The third-order valence-electron chi connectivity index (χ3n) is 4.31. The molecule has 4 N–H and O–H groups in total. The van der Waals surface area contributed by atoms with Crippen molar-refractivity contribution in [1.29, 1.82) is 0 Å². The molecule has 1 fully saturated rings. The molecule has 0 bridgehead atoms. The molecule has 0 radical (unpaired) electrons. The number of hydrogen-bond donors (Lipinski definition) is 4. The van der Waals surface area contributed by atoms with Crippen LogP contribution in [-0.4, -0.2) is 70.5 Å². The molecule has 9 heteroatoms. The third-order valence-corrected chi connectivity index (χ3v) is 4.31. The number of methoxy groups -OCH3 is 2. The van der Waals surface area contributed by atoms with E-state index in [0.29, 0.717) is 5.56 Å². The summed E-state index contributed by atoms with van der Waals surface area (Å²) in [5.74, 6) is -1.67. The van der Waals surface area contributed by atoms with Crippen molar-refractivity contribution in [2.75, 3.05) is 14.2 Å². The SMILES string of the molecule is COC(=O)[C@@]1(O)C[C@@H](O)[C@H](O)[C@H](OC(=O)/C=C/c2ccc(O)c(OC)c2)C1. The molecule has 27 heavy (non-hydrogen) atoms. The van der Waals surface area contributed by atoms with Gasteiger partial charge in [0.05, 0.1) is 20.3 Å². The summed E-state index contributed by atoms with van der Waals surface area (Å²) in [6, 6.07) is 4.42. The maximum Gasteiger partial charge on any atom is 0.338 e. The van der Waals surface area contributed by atoms with Crippen molar-refractivity contribution in [3.63, 3.8) is 0 Å². The molecule has 0 unspecified atom stereocenters. The molecule has 1 aromatic rings. The second-order valence-electron chi connectivity index (χ2n) is 6.23. The molecule has 4 atom stereocenters. The molecular weight excluding hydrogens is 360 g/mol. The fraction of sp³-hybridized carbons (Fsp3) is 0.444. The molecule has 0 saturated heterocycles. The maximum absolute atomic E-state index is 12.0. The Bertz CT molecular complexity index is 730. The van der Waals surface area contributed by atoms with E-state index in [1.54, 1.807) is 0 Å². The van der Waals surface area contributed by atoms with Crippen molar-refractivity contribution in [3.8, 4) is 11.5 Å². The number of phenolic OH excluding ortho intramolecular Hbond substituents is 1. The fourth-order valence-electron chi connectivity index (χ4n) is 2.87. The van der Waals surface area contributed by atoms with E-state index in [-0.39, 0.29) is 11.5 Å². The topological polar surface area (TPSA) is 143 Å². The highest BCUT2D eigenvalue weighted by Crippen LogP contribution is 2.32. The molecule has 0 heterocycles. The molecule has 0 spiro atoms. The zero-order valence-corrected chi connectivity index (χ0v) is 14.9. The first-order chi connectivity index (χ1) is 12.7. The number of phenols is 1. The van der Waals surface area contributed by atoms with Crippen LogP contribution < -0.4 is 4.74 Å². The van der Waals surface area contributed by atoms with E-state index in [9.17, 15) is 30.0 Å². The van der Waals surface area contributed by atoms with Gasteiger partial charge in [0.15, 0.2) is 17.1 Å². The van der Waals surface area contributed by atoms with Crippen LogP contribution in [0.1, 0.15) is 18.4 Å². The average molecular weight is 382 g/mol. The minimum absolute atomic E-state index is 0.0568. The fourth-order valence-corrected chi connectivity index (χ4v) is 2.87. The summed E-state index contributed by atoms with van der Waals surface area (Å²) in [5.41, 5.74) is -1.52. The van der Waals surface area contributed by atoms with E-state index >= 15 is 0 Å². The molecule has 2 rings (SSSR count). The summed E-state index contributed by atoms with van der Waals surface area (Å²) < 4.78 is 14.5. The molecular formula is C18H22O9. The molecule has 148 valence electrons. The lowest BCUT2D eigenvalue weighted by Crippen LogP contribution is -2.57. The van der Waals surface area contributed by atoms with Crippen molar-refractivity contribution < 1.29 is 44.2 Å². The Morgan fingerprint density at radius 2 is 1.93 bits per heavy atom. The number of rotatable bonds is 5. The Balaban J connectivity index is 2.08. The van der Waals surface area contributed by atoms with Gasteiger partial charge in [-0.15, -0.1) is 0 Å². The number of carbonyl (C=O) groups is 2. The first-order valence-electron chi connectivity index (χ1n) is 8.13. The van der Waals surface area contributed by atoms with Crippen LogP contribution in [0.15, 0.2) is 24.3 Å². The summed E-state index contributed by atoms with van der Waals surface area (Å²) in [6.45, 7) is 0. The number of ether oxygens (including phenoxy) is 3. The molecule has 0 aromatic heterocycles. The first-order valence-corrected chi connectivity index (χ1v) is 8.13. The van der Waals surface area contributed by atoms with E-state index in [1.165, 1.54) is 31.4 Å². The lowest BCUT2D eigenvalue weighted by molar-refractivity contribution is -0.198. The Kier molecular flexibility index (Phi) is 6.42. The summed E-state index contributed by atoms with van der Waals surface area (Å²) in [4.78, 5) is 23.7. The molecule has 0 amide bonds. The van der Waals surface area contributed by atoms with Crippen LogP contribution in [0, 0.1) is 0 Å². The Labute approximate surface area is 155 Å². The second-order valence-corrected chi connectivity index (χ2v) is 6.23. The monoisotopic (exact) mass is 382 g/mol. The standard InChI is InChI=1S/C18H22O9/c1-25-13-7-10(3-5-11(13)19)4-6-15(21)27-14-9-18(24,17(23)26-2)8-12(20)16(14)22/h3-7,12,14,16,19-20,22,24H,8-9H2,1-2H3/b6-4+/t12-,14-,16+,18-/m1/s1. The van der Waals surface area contributed by atoms with Crippen LogP contribution in [0.4, 0.5) is 0 Å². The Morgan fingerprint density at radius 1 is 1.22 bits per heavy atom. The van der Waals surface area contributed by atoms with Gasteiger partial charge in [-0.05, 0) is 23.8 Å². The van der Waals surface area contributed by atoms with Crippen LogP contribution >= 0.6 is 0 Å². The quantitative estimate of drug-likeness (QED) is 0.400. The molecule has 9 nitrogen and oxygen atoms in total. The predicted octanol–water partition coefficient (Wildman–Crippen LogP) is -0.255. The smallest absolute Gasteiger partial charge is 0.338 e. The minimum Gasteiger partial charge on any atom is -0.504 e. The van der Waals surface area contributed by atoms with Crippen molar-refractivity contribution >= 4 is 18.0 Å². The number of aliphatic hydroxyl groups excluding tert-OH is 2. The van der Waals surface area contributed by atoms with Gasteiger partial charge in [-0.25, -0.2) is 9.59 Å². The zero-order valence-electron chi connectivity index (χ0n) is 14.9. The van der Waals surface area contributed by atoms with Gasteiger partial charge in [0.25, 0.3) is 0 Å². The number of carbonyl (C=O) groups excluding carboxylic acids is 2. The van der Waals surface area contributed by atoms with Gasteiger partial charge in [0.1, 0.15) is 12.2 Å². The highest BCUT2D eigenvalue weighted by atomic mass is 16.6. The lowest BCUT2D eigenvalue weighted by Gasteiger charge is -2.39. The van der Waals surface area contributed by atoms with Gasteiger partial charge in [-0.3, -0.25) is 0 Å². The van der Waals surface area contributed by atoms with Crippen molar-refractivity contribution in [1.82, 2.24) is 0 Å².